The molecule has 0 aliphatic heterocycles. The Bertz CT molecular complexity index is 543. The third-order valence-corrected chi connectivity index (χ3v) is 4.22. The SMILES string of the molecule is CCC(NCc1ccccc1C1CC1)c1ccccc1. The predicted octanol–water partition coefficient (Wildman–Crippen LogP) is 4.80. The van der Waals surface area contributed by atoms with E-state index in [-0.39, 0.29) is 0 Å². The van der Waals surface area contributed by atoms with Gasteiger partial charge in [-0.05, 0) is 41.9 Å². The number of hydrogen-bond donors (Lipinski definition) is 1. The van der Waals surface area contributed by atoms with Gasteiger partial charge in [0.2, 0.25) is 0 Å². The molecule has 1 nitrogen and oxygen atoms in total. The van der Waals surface area contributed by atoms with Crippen molar-refractivity contribution in [3.63, 3.8) is 0 Å². The summed E-state index contributed by atoms with van der Waals surface area (Å²) in [7, 11) is 0. The summed E-state index contributed by atoms with van der Waals surface area (Å²) in [6.45, 7) is 3.22. The minimum Gasteiger partial charge on any atom is -0.306 e. The summed E-state index contributed by atoms with van der Waals surface area (Å²) in [4.78, 5) is 0. The molecule has 2 aromatic carbocycles. The molecular formula is C19H23N. The van der Waals surface area contributed by atoms with Crippen LogP contribution in [0.25, 0.3) is 0 Å². The van der Waals surface area contributed by atoms with Crippen LogP contribution >= 0.6 is 0 Å². The van der Waals surface area contributed by atoms with Gasteiger partial charge in [0, 0.05) is 12.6 Å². The third-order valence-electron chi connectivity index (χ3n) is 4.22. The first-order valence-electron chi connectivity index (χ1n) is 7.74. The van der Waals surface area contributed by atoms with E-state index in [2.05, 4.69) is 66.8 Å². The molecule has 0 saturated heterocycles. The van der Waals surface area contributed by atoms with Crippen molar-refractivity contribution in [1.82, 2.24) is 5.32 Å². The Morgan fingerprint density at radius 3 is 2.40 bits per heavy atom. The fraction of sp³-hybridized carbons (Fsp3) is 0.368. The zero-order valence-electron chi connectivity index (χ0n) is 12.2. The maximum absolute atomic E-state index is 3.73. The summed E-state index contributed by atoms with van der Waals surface area (Å²) in [6, 6.07) is 20.1. The van der Waals surface area contributed by atoms with Crippen molar-refractivity contribution < 1.29 is 0 Å². The van der Waals surface area contributed by atoms with Gasteiger partial charge in [-0.15, -0.1) is 0 Å². The molecule has 0 bridgehead atoms. The second-order valence-corrected chi connectivity index (χ2v) is 5.73. The molecule has 1 N–H and O–H groups in total. The van der Waals surface area contributed by atoms with Gasteiger partial charge in [-0.2, -0.15) is 0 Å². The number of nitrogens with one attached hydrogen (secondary N) is 1. The van der Waals surface area contributed by atoms with Gasteiger partial charge in [-0.1, -0.05) is 61.5 Å². The summed E-state index contributed by atoms with van der Waals surface area (Å²) in [5, 5.41) is 3.73. The maximum atomic E-state index is 3.73. The minimum atomic E-state index is 0.448. The highest BCUT2D eigenvalue weighted by Gasteiger charge is 2.25. The Balaban J connectivity index is 1.69. The molecule has 3 rings (SSSR count). The van der Waals surface area contributed by atoms with Crippen molar-refractivity contribution in [2.45, 2.75) is 44.7 Å². The van der Waals surface area contributed by atoms with Gasteiger partial charge in [0.1, 0.15) is 0 Å². The molecule has 0 amide bonds. The summed E-state index contributed by atoms with van der Waals surface area (Å²) >= 11 is 0. The lowest BCUT2D eigenvalue weighted by Crippen LogP contribution is -2.20. The maximum Gasteiger partial charge on any atom is 0.0320 e. The van der Waals surface area contributed by atoms with Crippen LogP contribution in [0.3, 0.4) is 0 Å². The van der Waals surface area contributed by atoms with Gasteiger partial charge >= 0.3 is 0 Å². The van der Waals surface area contributed by atoms with Gasteiger partial charge in [-0.3, -0.25) is 0 Å². The molecular weight excluding hydrogens is 242 g/mol. The van der Waals surface area contributed by atoms with Gasteiger partial charge in [-0.25, -0.2) is 0 Å². The zero-order valence-corrected chi connectivity index (χ0v) is 12.2. The lowest BCUT2D eigenvalue weighted by molar-refractivity contribution is 0.517. The van der Waals surface area contributed by atoms with Gasteiger partial charge in [0.05, 0.1) is 0 Å². The van der Waals surface area contributed by atoms with E-state index in [1.54, 1.807) is 5.56 Å². The first-order valence-corrected chi connectivity index (χ1v) is 7.74. The highest BCUT2D eigenvalue weighted by molar-refractivity contribution is 5.33. The molecule has 1 aliphatic rings. The Kier molecular flexibility index (Phi) is 4.17. The molecule has 1 unspecified atom stereocenters. The lowest BCUT2D eigenvalue weighted by atomic mass is 10.0. The minimum absolute atomic E-state index is 0.448. The first kappa shape index (κ1) is 13.4. The van der Waals surface area contributed by atoms with Crippen LogP contribution in [0.4, 0.5) is 0 Å². The Morgan fingerprint density at radius 2 is 1.70 bits per heavy atom. The van der Waals surface area contributed by atoms with Crippen LogP contribution in [0.1, 0.15) is 54.8 Å². The molecule has 1 saturated carbocycles. The van der Waals surface area contributed by atoms with E-state index < -0.39 is 0 Å². The largest absolute Gasteiger partial charge is 0.306 e. The quantitative estimate of drug-likeness (QED) is 0.790. The molecule has 0 spiro atoms. The van der Waals surface area contributed by atoms with Crippen molar-refractivity contribution in [1.29, 1.82) is 0 Å². The predicted molar refractivity (Wildman–Crippen MR) is 84.7 cm³/mol. The third kappa shape index (κ3) is 3.10. The first-order chi connectivity index (χ1) is 9.88. The Morgan fingerprint density at radius 1 is 1.00 bits per heavy atom. The molecule has 104 valence electrons. The summed E-state index contributed by atoms with van der Waals surface area (Å²) in [5.74, 6) is 0.824. The van der Waals surface area contributed by atoms with Crippen LogP contribution in [0, 0.1) is 0 Å². The van der Waals surface area contributed by atoms with Crippen LogP contribution in [0.5, 0.6) is 0 Å². The standard InChI is InChI=1S/C19H23N/c1-2-19(16-8-4-3-5-9-16)20-14-17-10-6-7-11-18(17)15-12-13-15/h3-11,15,19-20H,2,12-14H2,1H3. The average molecular weight is 265 g/mol. The fourth-order valence-electron chi connectivity index (χ4n) is 2.90. The van der Waals surface area contributed by atoms with Crippen LogP contribution in [0.15, 0.2) is 54.6 Å². The van der Waals surface area contributed by atoms with Crippen LogP contribution in [-0.4, -0.2) is 0 Å². The Labute approximate surface area is 122 Å². The number of benzene rings is 2. The molecule has 20 heavy (non-hydrogen) atoms. The van der Waals surface area contributed by atoms with E-state index >= 15 is 0 Å². The highest BCUT2D eigenvalue weighted by atomic mass is 14.9. The monoisotopic (exact) mass is 265 g/mol. The lowest BCUT2D eigenvalue weighted by Gasteiger charge is -2.19. The van der Waals surface area contributed by atoms with Gasteiger partial charge in [0.15, 0.2) is 0 Å². The normalized spacial score (nSPS) is 16.1. The molecule has 1 fully saturated rings. The highest BCUT2D eigenvalue weighted by Crippen LogP contribution is 2.41. The summed E-state index contributed by atoms with van der Waals surface area (Å²) in [6.07, 6.45) is 3.86. The average Bonchev–Trinajstić information content (AvgIpc) is 3.34. The van der Waals surface area contributed by atoms with Gasteiger partial charge in [0.25, 0.3) is 0 Å². The second-order valence-electron chi connectivity index (χ2n) is 5.73. The summed E-state index contributed by atoms with van der Waals surface area (Å²) in [5.41, 5.74) is 4.42. The smallest absolute Gasteiger partial charge is 0.0320 e. The van der Waals surface area contributed by atoms with E-state index in [0.717, 1.165) is 18.9 Å². The van der Waals surface area contributed by atoms with Crippen LogP contribution in [0.2, 0.25) is 0 Å². The van der Waals surface area contributed by atoms with Crippen molar-refractivity contribution in [3.8, 4) is 0 Å². The van der Waals surface area contributed by atoms with E-state index in [1.165, 1.54) is 24.0 Å². The number of rotatable bonds is 6. The topological polar surface area (TPSA) is 12.0 Å². The zero-order chi connectivity index (χ0) is 13.8. The van der Waals surface area contributed by atoms with E-state index in [9.17, 15) is 0 Å². The molecule has 0 heterocycles. The van der Waals surface area contributed by atoms with Crippen LogP contribution < -0.4 is 5.32 Å². The molecule has 1 heteroatoms. The van der Waals surface area contributed by atoms with Crippen molar-refractivity contribution in [2.24, 2.45) is 0 Å². The fourth-order valence-corrected chi connectivity index (χ4v) is 2.90. The van der Waals surface area contributed by atoms with E-state index in [4.69, 9.17) is 0 Å². The molecule has 1 atom stereocenters. The second kappa shape index (κ2) is 6.23. The molecule has 2 aromatic rings. The van der Waals surface area contributed by atoms with Crippen molar-refractivity contribution in [3.05, 3.63) is 71.3 Å². The summed E-state index contributed by atoms with van der Waals surface area (Å²) < 4.78 is 0. The van der Waals surface area contributed by atoms with Crippen molar-refractivity contribution >= 4 is 0 Å². The Hall–Kier alpha value is -1.60. The van der Waals surface area contributed by atoms with Gasteiger partial charge < -0.3 is 5.32 Å². The molecule has 0 radical (unpaired) electrons. The van der Waals surface area contributed by atoms with Crippen LogP contribution in [-0.2, 0) is 6.54 Å². The van der Waals surface area contributed by atoms with E-state index in [1.807, 2.05) is 0 Å². The molecule has 1 aliphatic carbocycles. The molecule has 0 aromatic heterocycles. The van der Waals surface area contributed by atoms with Crippen molar-refractivity contribution in [2.75, 3.05) is 0 Å². The number of hydrogen-bond acceptors (Lipinski definition) is 1. The van der Waals surface area contributed by atoms with E-state index in [0.29, 0.717) is 6.04 Å².